The molecule has 0 saturated carbocycles. The van der Waals surface area contributed by atoms with Crippen LogP contribution in [0.3, 0.4) is 0 Å². The van der Waals surface area contributed by atoms with Gasteiger partial charge >= 0.3 is 0 Å². The zero-order valence-corrected chi connectivity index (χ0v) is 22.0. The molecule has 3 heterocycles. The van der Waals surface area contributed by atoms with E-state index in [9.17, 15) is 0 Å². The summed E-state index contributed by atoms with van der Waals surface area (Å²) in [6, 6.07) is 18.5. The number of H-pyrrole nitrogens is 1. The van der Waals surface area contributed by atoms with E-state index in [0.29, 0.717) is 11.8 Å². The molecule has 0 amide bonds. The van der Waals surface area contributed by atoms with Crippen molar-refractivity contribution in [3.8, 4) is 22.4 Å². The van der Waals surface area contributed by atoms with Crippen LogP contribution in [0.4, 0.5) is 0 Å². The van der Waals surface area contributed by atoms with Crippen molar-refractivity contribution in [1.82, 2.24) is 9.97 Å². The first-order chi connectivity index (χ1) is 17.5. The molecule has 0 bridgehead atoms. The highest BCUT2D eigenvalue weighted by atomic mass is 32.1. The molecule has 178 valence electrons. The van der Waals surface area contributed by atoms with Crippen LogP contribution in [0.1, 0.15) is 57.0 Å². The Kier molecular flexibility index (Phi) is 4.84. The fourth-order valence-corrected chi connectivity index (χ4v) is 6.65. The van der Waals surface area contributed by atoms with E-state index in [1.165, 1.54) is 65.7 Å². The Bertz CT molecular complexity index is 1740. The van der Waals surface area contributed by atoms with Gasteiger partial charge in [0.05, 0.1) is 11.9 Å². The molecular formula is C32H29N3S. The number of hydrogen-bond acceptors (Lipinski definition) is 3. The third kappa shape index (κ3) is 3.31. The van der Waals surface area contributed by atoms with Crippen molar-refractivity contribution < 1.29 is 0 Å². The van der Waals surface area contributed by atoms with Crippen molar-refractivity contribution in [1.29, 1.82) is 0 Å². The summed E-state index contributed by atoms with van der Waals surface area (Å²) in [5, 5.41) is 6.12. The first kappa shape index (κ1) is 21.8. The number of thiophene rings is 1. The lowest BCUT2D eigenvalue weighted by Gasteiger charge is -2.12. The molecule has 1 aliphatic heterocycles. The summed E-state index contributed by atoms with van der Waals surface area (Å²) in [5.74, 6) is 1.94. The summed E-state index contributed by atoms with van der Waals surface area (Å²) in [6.45, 7) is 8.83. The second-order valence-corrected chi connectivity index (χ2v) is 11.7. The van der Waals surface area contributed by atoms with Crippen LogP contribution in [0.5, 0.6) is 0 Å². The molecule has 0 spiro atoms. The molecule has 2 aliphatic rings. The van der Waals surface area contributed by atoms with Gasteiger partial charge in [-0.3, -0.25) is 4.99 Å². The molecule has 1 N–H and O–H groups in total. The monoisotopic (exact) mass is 487 g/mol. The molecule has 4 heteroatoms. The Morgan fingerprint density at radius 2 is 1.69 bits per heavy atom. The van der Waals surface area contributed by atoms with Crippen molar-refractivity contribution in [2.75, 3.05) is 0 Å². The van der Waals surface area contributed by atoms with Gasteiger partial charge in [-0.25, -0.2) is 4.98 Å². The number of fused-ring (bicyclic) bond motifs is 5. The molecule has 1 aliphatic carbocycles. The van der Waals surface area contributed by atoms with E-state index >= 15 is 0 Å². The van der Waals surface area contributed by atoms with E-state index < -0.39 is 0 Å². The number of nitrogens with one attached hydrogen (secondary N) is 1. The van der Waals surface area contributed by atoms with Crippen LogP contribution < -0.4 is 0 Å². The lowest BCUT2D eigenvalue weighted by Crippen LogP contribution is -2.05. The highest BCUT2D eigenvalue weighted by molar-refractivity contribution is 7.18. The average molecular weight is 488 g/mol. The van der Waals surface area contributed by atoms with Gasteiger partial charge in [0.15, 0.2) is 0 Å². The van der Waals surface area contributed by atoms with Crippen LogP contribution in [0, 0.1) is 5.92 Å². The van der Waals surface area contributed by atoms with Crippen LogP contribution in [-0.2, 0) is 6.42 Å². The number of aromatic amines is 1. The van der Waals surface area contributed by atoms with Crippen molar-refractivity contribution in [2.45, 2.75) is 46.5 Å². The number of nitrogens with zero attached hydrogens (tertiary/aromatic N) is 2. The van der Waals surface area contributed by atoms with Gasteiger partial charge in [0, 0.05) is 51.4 Å². The highest BCUT2D eigenvalue weighted by Gasteiger charge is 2.28. The van der Waals surface area contributed by atoms with Crippen LogP contribution in [0.25, 0.3) is 48.8 Å². The number of allylic oxidation sites excluding steroid dienone is 2. The number of benzene rings is 3. The Morgan fingerprint density at radius 3 is 2.50 bits per heavy atom. The van der Waals surface area contributed by atoms with Crippen molar-refractivity contribution in [3.05, 3.63) is 82.8 Å². The molecule has 0 unspecified atom stereocenters. The van der Waals surface area contributed by atoms with Crippen molar-refractivity contribution in [3.63, 3.8) is 0 Å². The second kappa shape index (κ2) is 8.01. The first-order valence-corrected chi connectivity index (χ1v) is 13.8. The topological polar surface area (TPSA) is 41.0 Å². The molecule has 0 fully saturated rings. The molecule has 3 nitrogen and oxygen atoms in total. The largest absolute Gasteiger partial charge is 0.342 e. The first-order valence-electron chi connectivity index (χ1n) is 12.9. The van der Waals surface area contributed by atoms with Crippen molar-refractivity contribution >= 4 is 43.5 Å². The molecule has 0 atom stereocenters. The number of aliphatic imine (C=N–C) groups is 1. The molecule has 0 radical (unpaired) electrons. The van der Waals surface area contributed by atoms with Gasteiger partial charge in [0.2, 0.25) is 0 Å². The van der Waals surface area contributed by atoms with E-state index in [1.807, 2.05) is 17.5 Å². The van der Waals surface area contributed by atoms with Gasteiger partial charge in [0.25, 0.3) is 0 Å². The predicted octanol–water partition coefficient (Wildman–Crippen LogP) is 9.00. The summed E-state index contributed by atoms with van der Waals surface area (Å²) in [7, 11) is 0. The molecule has 3 aromatic carbocycles. The van der Waals surface area contributed by atoms with Gasteiger partial charge in [-0.15, -0.1) is 11.3 Å². The van der Waals surface area contributed by atoms with E-state index in [0.717, 1.165) is 24.4 Å². The number of imidazole rings is 1. The summed E-state index contributed by atoms with van der Waals surface area (Å²) >= 11 is 1.83. The Balaban J connectivity index is 1.30. The quantitative estimate of drug-likeness (QED) is 0.270. The summed E-state index contributed by atoms with van der Waals surface area (Å²) < 4.78 is 1.35. The summed E-state index contributed by atoms with van der Waals surface area (Å²) in [5.41, 5.74) is 11.8. The van der Waals surface area contributed by atoms with Crippen LogP contribution in [-0.4, -0.2) is 15.7 Å². The molecule has 36 heavy (non-hydrogen) atoms. The number of hydrogen-bond donors (Lipinski definition) is 1. The van der Waals surface area contributed by atoms with E-state index in [-0.39, 0.29) is 0 Å². The maximum atomic E-state index is 4.98. The van der Waals surface area contributed by atoms with E-state index in [4.69, 9.17) is 4.99 Å². The highest BCUT2D eigenvalue weighted by Crippen LogP contribution is 2.44. The predicted molar refractivity (Wildman–Crippen MR) is 154 cm³/mol. The fraction of sp³-hybridized carbons (Fsp3) is 0.250. The van der Waals surface area contributed by atoms with Crippen LogP contribution in [0.15, 0.2) is 70.8 Å². The molecule has 0 saturated heterocycles. The average Bonchev–Trinajstić information content (AvgIpc) is 3.65. The minimum atomic E-state index is 0.387. The molecule has 5 aromatic rings. The van der Waals surface area contributed by atoms with Crippen LogP contribution in [0.2, 0.25) is 0 Å². The third-order valence-corrected chi connectivity index (χ3v) is 8.70. The zero-order valence-electron chi connectivity index (χ0n) is 21.1. The normalized spacial score (nSPS) is 15.0. The Morgan fingerprint density at radius 1 is 0.833 bits per heavy atom. The molecular weight excluding hydrogens is 458 g/mol. The smallest absolute Gasteiger partial charge is 0.109 e. The number of rotatable bonds is 4. The van der Waals surface area contributed by atoms with Gasteiger partial charge in [-0.2, -0.15) is 0 Å². The lowest BCUT2D eigenvalue weighted by molar-refractivity contribution is 0.795. The second-order valence-electron chi connectivity index (χ2n) is 10.8. The Hall–Kier alpha value is -3.50. The molecule has 2 aromatic heterocycles. The van der Waals surface area contributed by atoms with Gasteiger partial charge in [-0.1, -0.05) is 58.0 Å². The minimum absolute atomic E-state index is 0.387. The van der Waals surface area contributed by atoms with Gasteiger partial charge in [-0.05, 0) is 62.5 Å². The maximum Gasteiger partial charge on any atom is 0.109 e. The number of aromatic nitrogens is 2. The third-order valence-electron chi connectivity index (χ3n) is 7.76. The summed E-state index contributed by atoms with van der Waals surface area (Å²) in [4.78, 5) is 13.1. The Labute approximate surface area is 215 Å². The lowest BCUT2D eigenvalue weighted by atomic mass is 9.93. The van der Waals surface area contributed by atoms with Gasteiger partial charge in [0.1, 0.15) is 5.82 Å². The maximum absolute atomic E-state index is 4.98. The SMILES string of the molecule is CC(C)C1=NC2=C(C1)c1ccc(-c3cc4ccc(-c5cnc(C(C)C)[nH]5)cc4c4ccsc34)cc1C2. The zero-order chi connectivity index (χ0) is 24.6. The molecule has 7 rings (SSSR count). The van der Waals surface area contributed by atoms with E-state index in [2.05, 4.69) is 91.6 Å². The van der Waals surface area contributed by atoms with E-state index in [1.54, 1.807) is 0 Å². The minimum Gasteiger partial charge on any atom is -0.342 e. The standard InChI is InChI=1S/C32H29N3S/c1-17(2)28-15-27-23-8-7-19(11-22(23)14-29(27)34-28)26-12-20-5-6-21(30-16-33-32(35-30)18(3)4)13-25(20)24-9-10-36-31(24)26/h5-13,16-18H,14-15H2,1-4H3,(H,33,35). The van der Waals surface area contributed by atoms with Crippen molar-refractivity contribution in [2.24, 2.45) is 10.9 Å². The van der Waals surface area contributed by atoms with Crippen LogP contribution >= 0.6 is 11.3 Å². The fourth-order valence-electron chi connectivity index (χ4n) is 5.70. The summed E-state index contributed by atoms with van der Waals surface area (Å²) in [6.07, 6.45) is 3.93. The van der Waals surface area contributed by atoms with Gasteiger partial charge < -0.3 is 4.98 Å².